The van der Waals surface area contributed by atoms with Crippen molar-refractivity contribution in [2.45, 2.75) is 74.1 Å². The number of sulfonamides is 1. The second-order valence-electron chi connectivity index (χ2n) is 9.31. The summed E-state index contributed by atoms with van der Waals surface area (Å²) in [6.45, 7) is 0. The van der Waals surface area contributed by atoms with Gasteiger partial charge < -0.3 is 5.32 Å². The Balaban J connectivity index is 1.23. The Labute approximate surface area is 216 Å². The molecule has 2 heterocycles. The Bertz CT molecular complexity index is 1300. The molecule has 0 radical (unpaired) electrons. The van der Waals surface area contributed by atoms with Gasteiger partial charge in [-0.15, -0.1) is 10.2 Å². The zero-order valence-corrected chi connectivity index (χ0v) is 21.5. The van der Waals surface area contributed by atoms with Gasteiger partial charge in [-0.25, -0.2) is 8.42 Å². The summed E-state index contributed by atoms with van der Waals surface area (Å²) in [5.74, 6) is 0.344. The van der Waals surface area contributed by atoms with Crippen LogP contribution in [0.15, 0.2) is 46.0 Å². The van der Waals surface area contributed by atoms with Gasteiger partial charge in [-0.3, -0.25) is 10.0 Å². The number of halogens is 4. The van der Waals surface area contributed by atoms with Crippen molar-refractivity contribution in [1.29, 1.82) is 0 Å². The number of hydrogen-bond donors (Lipinski definition) is 3. The van der Waals surface area contributed by atoms with Gasteiger partial charge in [0, 0.05) is 18.2 Å². The highest BCUT2D eigenvalue weighted by molar-refractivity contribution is 7.93. The SMILES string of the molecule is O=S(=O)(Nc1nnc(C2CCCCC2)s1)c1ccc2c(c1)CC(NC1NC=C(C(F)(F)F)C=C1Cl)C2. The summed E-state index contributed by atoms with van der Waals surface area (Å²) in [4.78, 5) is 0.128. The first-order chi connectivity index (χ1) is 17.1. The van der Waals surface area contributed by atoms with Gasteiger partial charge in [0.1, 0.15) is 11.2 Å². The van der Waals surface area contributed by atoms with Crippen LogP contribution in [0.25, 0.3) is 0 Å². The predicted molar refractivity (Wildman–Crippen MR) is 132 cm³/mol. The monoisotopic (exact) mass is 559 g/mol. The molecule has 2 atom stereocenters. The first-order valence-electron chi connectivity index (χ1n) is 11.7. The lowest BCUT2D eigenvalue weighted by Gasteiger charge is -2.26. The molecule has 194 valence electrons. The number of nitrogens with zero attached hydrogens (tertiary/aromatic N) is 2. The molecule has 5 rings (SSSR count). The maximum Gasteiger partial charge on any atom is 0.417 e. The number of anilines is 1. The molecule has 13 heteroatoms. The summed E-state index contributed by atoms with van der Waals surface area (Å²) in [5.41, 5.74) is 0.992. The van der Waals surface area contributed by atoms with Gasteiger partial charge in [0.15, 0.2) is 0 Å². The van der Waals surface area contributed by atoms with Gasteiger partial charge >= 0.3 is 6.18 Å². The van der Waals surface area contributed by atoms with Crippen molar-refractivity contribution in [3.63, 3.8) is 0 Å². The number of rotatable bonds is 6. The molecule has 0 saturated heterocycles. The molecule has 2 aliphatic carbocycles. The van der Waals surface area contributed by atoms with Crippen LogP contribution in [0.2, 0.25) is 0 Å². The van der Waals surface area contributed by atoms with Crippen LogP contribution in [0, 0.1) is 0 Å². The number of allylic oxidation sites excluding steroid dienone is 2. The van der Waals surface area contributed by atoms with E-state index in [9.17, 15) is 21.6 Å². The molecule has 2 unspecified atom stereocenters. The van der Waals surface area contributed by atoms with Crippen LogP contribution in [0.4, 0.5) is 18.3 Å². The van der Waals surface area contributed by atoms with Gasteiger partial charge in [0.05, 0.1) is 15.5 Å². The second kappa shape index (κ2) is 9.96. The largest absolute Gasteiger partial charge is 0.417 e. The van der Waals surface area contributed by atoms with Crippen LogP contribution < -0.4 is 15.4 Å². The van der Waals surface area contributed by atoms with Crippen LogP contribution in [-0.4, -0.2) is 37.0 Å². The Hall–Kier alpha value is -2.15. The first-order valence-corrected chi connectivity index (χ1v) is 14.4. The summed E-state index contributed by atoms with van der Waals surface area (Å²) in [6, 6.07) is 4.84. The number of hydrogen-bond acceptors (Lipinski definition) is 7. The summed E-state index contributed by atoms with van der Waals surface area (Å²) in [5, 5.41) is 15.3. The average molecular weight is 560 g/mol. The maximum atomic E-state index is 13.0. The van der Waals surface area contributed by atoms with Gasteiger partial charge in [0.2, 0.25) is 5.13 Å². The summed E-state index contributed by atoms with van der Waals surface area (Å²) < 4.78 is 67.3. The zero-order chi connectivity index (χ0) is 25.5. The molecule has 1 aromatic heterocycles. The molecule has 36 heavy (non-hydrogen) atoms. The lowest BCUT2D eigenvalue weighted by atomic mass is 9.90. The number of nitrogens with one attached hydrogen (secondary N) is 3. The van der Waals surface area contributed by atoms with Gasteiger partial charge in [0.25, 0.3) is 10.0 Å². The van der Waals surface area contributed by atoms with E-state index >= 15 is 0 Å². The van der Waals surface area contributed by atoms with E-state index in [2.05, 4.69) is 25.6 Å². The predicted octanol–water partition coefficient (Wildman–Crippen LogP) is 4.94. The number of benzene rings is 1. The highest BCUT2D eigenvalue weighted by Gasteiger charge is 2.36. The van der Waals surface area contributed by atoms with Gasteiger partial charge in [-0.2, -0.15) is 13.2 Å². The van der Waals surface area contributed by atoms with Crippen LogP contribution in [0.3, 0.4) is 0 Å². The standard InChI is InChI=1S/C23H25ClF3N5O2S2/c24-19-11-16(23(25,26)27)12-28-20(19)29-17-8-14-6-7-18(10-15(14)9-17)36(33,34)32-22-31-30-21(35-22)13-4-2-1-3-5-13/h6-7,10-13,17,20,28-29H,1-5,8-9H2,(H,31,32). The fraction of sp³-hybridized carbons (Fsp3) is 0.478. The van der Waals surface area contributed by atoms with Crippen LogP contribution in [0.1, 0.15) is 54.2 Å². The van der Waals surface area contributed by atoms with E-state index < -0.39 is 27.9 Å². The average Bonchev–Trinajstić information content (AvgIpc) is 3.46. The van der Waals surface area contributed by atoms with Gasteiger partial charge in [-0.1, -0.05) is 48.3 Å². The molecule has 1 aromatic carbocycles. The maximum absolute atomic E-state index is 13.0. The van der Waals surface area contributed by atoms with E-state index in [0.29, 0.717) is 18.8 Å². The molecule has 1 aliphatic heterocycles. The van der Waals surface area contributed by atoms with Crippen molar-refractivity contribution in [2.75, 3.05) is 4.72 Å². The quantitative estimate of drug-likeness (QED) is 0.464. The highest BCUT2D eigenvalue weighted by Crippen LogP contribution is 2.36. The molecule has 1 fully saturated rings. The Morgan fingerprint density at radius 2 is 1.83 bits per heavy atom. The van der Waals surface area contributed by atoms with E-state index in [1.165, 1.54) is 17.8 Å². The van der Waals surface area contributed by atoms with Crippen molar-refractivity contribution in [3.8, 4) is 0 Å². The number of fused-ring (bicyclic) bond motifs is 1. The Morgan fingerprint density at radius 3 is 2.56 bits per heavy atom. The topological polar surface area (TPSA) is 96.0 Å². The zero-order valence-electron chi connectivity index (χ0n) is 19.1. The molecule has 3 N–H and O–H groups in total. The summed E-state index contributed by atoms with van der Waals surface area (Å²) in [7, 11) is -3.85. The van der Waals surface area contributed by atoms with Crippen molar-refractivity contribution >= 4 is 38.1 Å². The van der Waals surface area contributed by atoms with Crippen molar-refractivity contribution in [3.05, 3.63) is 57.2 Å². The number of alkyl halides is 3. The fourth-order valence-corrected chi connectivity index (χ4v) is 7.33. The first kappa shape index (κ1) is 25.5. The van der Waals surface area contributed by atoms with E-state index in [4.69, 9.17) is 11.6 Å². The second-order valence-corrected chi connectivity index (χ2v) is 12.4. The lowest BCUT2D eigenvalue weighted by Crippen LogP contribution is -2.47. The van der Waals surface area contributed by atoms with E-state index in [-0.39, 0.29) is 21.1 Å². The molecule has 0 amide bonds. The Morgan fingerprint density at radius 1 is 1.08 bits per heavy atom. The third-order valence-electron chi connectivity index (χ3n) is 6.74. The molecule has 0 spiro atoms. The van der Waals surface area contributed by atoms with Crippen molar-refractivity contribution < 1.29 is 21.6 Å². The summed E-state index contributed by atoms with van der Waals surface area (Å²) >= 11 is 7.37. The van der Waals surface area contributed by atoms with Crippen molar-refractivity contribution in [2.24, 2.45) is 0 Å². The Kier molecular flexibility index (Phi) is 7.05. The number of aromatic nitrogens is 2. The molecule has 3 aliphatic rings. The van der Waals surface area contributed by atoms with Crippen molar-refractivity contribution in [1.82, 2.24) is 20.8 Å². The minimum Gasteiger partial charge on any atom is -0.371 e. The molecular formula is C23H25ClF3N5O2S2. The molecule has 0 bridgehead atoms. The van der Waals surface area contributed by atoms with E-state index in [1.54, 1.807) is 18.2 Å². The van der Waals surface area contributed by atoms with Crippen LogP contribution >= 0.6 is 22.9 Å². The molecule has 7 nitrogen and oxygen atoms in total. The summed E-state index contributed by atoms with van der Waals surface area (Å²) in [6.07, 6.45) is 3.42. The minimum absolute atomic E-state index is 0.0119. The highest BCUT2D eigenvalue weighted by atomic mass is 35.5. The van der Waals surface area contributed by atoms with Crippen LogP contribution in [0.5, 0.6) is 0 Å². The number of dihydropyridines is 1. The normalized spacial score (nSPS) is 23.0. The van der Waals surface area contributed by atoms with E-state index in [1.807, 2.05) is 0 Å². The third kappa shape index (κ3) is 5.56. The lowest BCUT2D eigenvalue weighted by molar-refractivity contribution is -0.0889. The van der Waals surface area contributed by atoms with E-state index in [0.717, 1.165) is 54.1 Å². The van der Waals surface area contributed by atoms with Gasteiger partial charge in [-0.05, 0) is 55.0 Å². The minimum atomic E-state index is -4.48. The smallest absolute Gasteiger partial charge is 0.371 e. The third-order valence-corrected chi connectivity index (χ3v) is 9.54. The fourth-order valence-electron chi connectivity index (χ4n) is 4.90. The molecule has 1 saturated carbocycles. The molecule has 2 aromatic rings. The van der Waals surface area contributed by atoms with Crippen LogP contribution in [-0.2, 0) is 22.9 Å². The molecular weight excluding hydrogens is 535 g/mol.